The Morgan fingerprint density at radius 3 is 2.83 bits per heavy atom. The van der Waals surface area contributed by atoms with Crippen LogP contribution in [0.3, 0.4) is 0 Å². The third kappa shape index (κ3) is 2.36. The smallest absolute Gasteiger partial charge is 0.120 e. The van der Waals surface area contributed by atoms with Gasteiger partial charge in [0.2, 0.25) is 0 Å². The van der Waals surface area contributed by atoms with Gasteiger partial charge in [-0.25, -0.2) is 0 Å². The van der Waals surface area contributed by atoms with E-state index in [0.29, 0.717) is 0 Å². The maximum Gasteiger partial charge on any atom is 0.120 e. The van der Waals surface area contributed by atoms with E-state index >= 15 is 0 Å². The summed E-state index contributed by atoms with van der Waals surface area (Å²) in [5.74, 6) is 1.69. The Balaban J connectivity index is 2.47. The monoisotopic (exact) mass is 169 g/mol. The first-order chi connectivity index (χ1) is 5.74. The van der Waals surface area contributed by atoms with Crippen molar-refractivity contribution in [3.05, 3.63) is 23.7 Å². The molecule has 0 spiro atoms. The van der Waals surface area contributed by atoms with Crippen molar-refractivity contribution in [1.82, 2.24) is 0 Å². The summed E-state index contributed by atoms with van der Waals surface area (Å²) < 4.78 is 5.34. The minimum absolute atomic E-state index is 0.0779. The average Bonchev–Trinajstić information content (AvgIpc) is 2.47. The summed E-state index contributed by atoms with van der Waals surface area (Å²) in [6.07, 6.45) is 1.49. The molecule has 0 aliphatic heterocycles. The van der Waals surface area contributed by atoms with Crippen molar-refractivity contribution in [2.45, 2.75) is 25.8 Å². The zero-order valence-electron chi connectivity index (χ0n) is 7.29. The van der Waals surface area contributed by atoms with E-state index in [1.54, 1.807) is 0 Å². The molecule has 3 N–H and O–H groups in total. The molecule has 0 aliphatic carbocycles. The van der Waals surface area contributed by atoms with E-state index in [1.807, 2.05) is 19.1 Å². The maximum atomic E-state index is 8.58. The van der Waals surface area contributed by atoms with Crippen molar-refractivity contribution in [2.75, 3.05) is 6.61 Å². The molecule has 1 rings (SSSR count). The van der Waals surface area contributed by atoms with Crippen LogP contribution in [0.4, 0.5) is 0 Å². The van der Waals surface area contributed by atoms with E-state index in [0.717, 1.165) is 24.4 Å². The summed E-state index contributed by atoms with van der Waals surface area (Å²) >= 11 is 0. The zero-order chi connectivity index (χ0) is 8.97. The summed E-state index contributed by atoms with van der Waals surface area (Å²) in [7, 11) is 0. The molecule has 0 unspecified atom stereocenters. The van der Waals surface area contributed by atoms with Crippen molar-refractivity contribution >= 4 is 0 Å². The van der Waals surface area contributed by atoms with Crippen molar-refractivity contribution in [3.8, 4) is 0 Å². The summed E-state index contributed by atoms with van der Waals surface area (Å²) in [5, 5.41) is 8.58. The van der Waals surface area contributed by atoms with Crippen LogP contribution in [0.2, 0.25) is 0 Å². The third-order valence-electron chi connectivity index (χ3n) is 1.80. The lowest BCUT2D eigenvalue weighted by Gasteiger charge is -2.06. The number of aliphatic hydroxyl groups excluding tert-OH is 1. The zero-order valence-corrected chi connectivity index (χ0v) is 7.29. The van der Waals surface area contributed by atoms with E-state index in [9.17, 15) is 0 Å². The molecule has 3 nitrogen and oxygen atoms in total. The lowest BCUT2D eigenvalue weighted by atomic mass is 10.1. The third-order valence-corrected chi connectivity index (χ3v) is 1.80. The van der Waals surface area contributed by atoms with Gasteiger partial charge in [-0.05, 0) is 31.9 Å². The summed E-state index contributed by atoms with van der Waals surface area (Å²) in [6, 6.07) is 3.71. The summed E-state index contributed by atoms with van der Waals surface area (Å²) in [5.41, 5.74) is 5.79. The molecule has 0 saturated heterocycles. The molecular weight excluding hydrogens is 154 g/mol. The van der Waals surface area contributed by atoms with Crippen molar-refractivity contribution in [2.24, 2.45) is 5.73 Å². The Morgan fingerprint density at radius 2 is 2.33 bits per heavy atom. The lowest BCUT2D eigenvalue weighted by Crippen LogP contribution is -2.09. The molecule has 68 valence electrons. The van der Waals surface area contributed by atoms with E-state index < -0.39 is 0 Å². The number of aliphatic hydroxyl groups is 1. The van der Waals surface area contributed by atoms with E-state index in [-0.39, 0.29) is 12.6 Å². The molecule has 0 aromatic carbocycles. The van der Waals surface area contributed by atoms with Crippen LogP contribution in [0.5, 0.6) is 0 Å². The van der Waals surface area contributed by atoms with Gasteiger partial charge in [-0.1, -0.05) is 0 Å². The maximum absolute atomic E-state index is 8.58. The van der Waals surface area contributed by atoms with Crippen molar-refractivity contribution < 1.29 is 9.52 Å². The predicted molar refractivity (Wildman–Crippen MR) is 46.7 cm³/mol. The SMILES string of the molecule is Cc1ccc([C@@H](N)CCCO)o1. The largest absolute Gasteiger partial charge is 0.465 e. The van der Waals surface area contributed by atoms with Gasteiger partial charge in [-0.3, -0.25) is 0 Å². The summed E-state index contributed by atoms with van der Waals surface area (Å²) in [4.78, 5) is 0. The highest BCUT2D eigenvalue weighted by Gasteiger charge is 2.08. The van der Waals surface area contributed by atoms with Gasteiger partial charge in [0.25, 0.3) is 0 Å². The van der Waals surface area contributed by atoms with Gasteiger partial charge in [-0.2, -0.15) is 0 Å². The highest BCUT2D eigenvalue weighted by Crippen LogP contribution is 2.17. The Morgan fingerprint density at radius 1 is 1.58 bits per heavy atom. The number of hydrogen-bond donors (Lipinski definition) is 2. The molecule has 0 radical (unpaired) electrons. The Kier molecular flexibility index (Phi) is 3.31. The summed E-state index contributed by atoms with van der Waals surface area (Å²) in [6.45, 7) is 2.08. The number of furan rings is 1. The minimum Gasteiger partial charge on any atom is -0.465 e. The fraction of sp³-hybridized carbons (Fsp3) is 0.556. The molecule has 0 saturated carbocycles. The van der Waals surface area contributed by atoms with Gasteiger partial charge in [0.05, 0.1) is 6.04 Å². The van der Waals surface area contributed by atoms with Gasteiger partial charge in [0.1, 0.15) is 11.5 Å². The molecule has 1 aromatic rings. The molecular formula is C9H15NO2. The van der Waals surface area contributed by atoms with E-state index in [2.05, 4.69) is 0 Å². The predicted octanol–water partition coefficient (Wildman–Crippen LogP) is 1.36. The highest BCUT2D eigenvalue weighted by molar-refractivity contribution is 5.08. The van der Waals surface area contributed by atoms with E-state index in [1.165, 1.54) is 0 Å². The standard InChI is InChI=1S/C9H15NO2/c1-7-4-5-9(12-7)8(10)3-2-6-11/h4-5,8,11H,2-3,6,10H2,1H3/t8-/m0/s1. The Labute approximate surface area is 72.2 Å². The minimum atomic E-state index is -0.0779. The van der Waals surface area contributed by atoms with E-state index in [4.69, 9.17) is 15.3 Å². The van der Waals surface area contributed by atoms with Crippen LogP contribution in [-0.2, 0) is 0 Å². The second-order valence-corrected chi connectivity index (χ2v) is 2.92. The highest BCUT2D eigenvalue weighted by atomic mass is 16.3. The second kappa shape index (κ2) is 4.28. The topological polar surface area (TPSA) is 59.4 Å². The molecule has 0 aliphatic rings. The first-order valence-corrected chi connectivity index (χ1v) is 4.17. The molecule has 0 fully saturated rings. The lowest BCUT2D eigenvalue weighted by molar-refractivity contribution is 0.276. The number of aryl methyl sites for hydroxylation is 1. The van der Waals surface area contributed by atoms with Crippen LogP contribution in [-0.4, -0.2) is 11.7 Å². The second-order valence-electron chi connectivity index (χ2n) is 2.92. The van der Waals surface area contributed by atoms with Crippen LogP contribution >= 0.6 is 0 Å². The number of nitrogens with two attached hydrogens (primary N) is 1. The Hall–Kier alpha value is -0.800. The molecule has 0 bridgehead atoms. The number of rotatable bonds is 4. The van der Waals surface area contributed by atoms with Gasteiger partial charge < -0.3 is 15.3 Å². The molecule has 0 amide bonds. The van der Waals surface area contributed by atoms with Crippen LogP contribution in [0, 0.1) is 6.92 Å². The van der Waals surface area contributed by atoms with Gasteiger partial charge in [0, 0.05) is 6.61 Å². The van der Waals surface area contributed by atoms with Crippen molar-refractivity contribution in [3.63, 3.8) is 0 Å². The average molecular weight is 169 g/mol. The molecule has 1 heterocycles. The van der Waals surface area contributed by atoms with Gasteiger partial charge in [-0.15, -0.1) is 0 Å². The van der Waals surface area contributed by atoms with Crippen LogP contribution in [0.15, 0.2) is 16.5 Å². The first kappa shape index (κ1) is 9.29. The fourth-order valence-electron chi connectivity index (χ4n) is 1.11. The van der Waals surface area contributed by atoms with Gasteiger partial charge >= 0.3 is 0 Å². The van der Waals surface area contributed by atoms with Crippen LogP contribution in [0.25, 0.3) is 0 Å². The molecule has 12 heavy (non-hydrogen) atoms. The number of hydrogen-bond acceptors (Lipinski definition) is 3. The van der Waals surface area contributed by atoms with Crippen LogP contribution in [0.1, 0.15) is 30.4 Å². The van der Waals surface area contributed by atoms with Gasteiger partial charge in [0.15, 0.2) is 0 Å². The normalized spacial score (nSPS) is 13.2. The first-order valence-electron chi connectivity index (χ1n) is 4.17. The molecule has 1 aromatic heterocycles. The van der Waals surface area contributed by atoms with Crippen molar-refractivity contribution in [1.29, 1.82) is 0 Å². The molecule has 1 atom stereocenters. The van der Waals surface area contributed by atoms with Crippen LogP contribution < -0.4 is 5.73 Å². The Bertz CT molecular complexity index is 232. The fourth-order valence-corrected chi connectivity index (χ4v) is 1.11. The molecule has 3 heteroatoms. The quantitative estimate of drug-likeness (QED) is 0.715.